The summed E-state index contributed by atoms with van der Waals surface area (Å²) in [5, 5.41) is 12.8. The molecule has 8 heteroatoms. The number of carbonyl (C=O) groups is 3. The topological polar surface area (TPSA) is 81.2 Å². The first kappa shape index (κ1) is 32.1. The number of para-hydroxylation sites is 1. The molecule has 3 aliphatic heterocycles. The number of nitrogens with zero attached hydrogens (tertiary/aromatic N) is 3. The molecule has 3 heterocycles. The lowest BCUT2D eigenvalue weighted by Crippen LogP contribution is -2.58. The molecule has 0 saturated carbocycles. The van der Waals surface area contributed by atoms with E-state index < -0.39 is 33.4 Å². The molecule has 0 aromatic heterocycles. The number of fused-ring (bicyclic) bond motifs is 2. The van der Waals surface area contributed by atoms with Gasteiger partial charge in [0.25, 0.3) is 5.91 Å². The fraction of sp³-hybridized carbons (Fsp3) is 0.395. The van der Waals surface area contributed by atoms with Gasteiger partial charge in [-0.1, -0.05) is 74.5 Å². The highest BCUT2D eigenvalue weighted by Crippen LogP contribution is 2.72. The molecule has 1 N–H and O–H groups in total. The average Bonchev–Trinajstić information content (AvgIpc) is 3.63. The van der Waals surface area contributed by atoms with E-state index in [2.05, 4.69) is 20.1 Å². The van der Waals surface area contributed by atoms with Crippen LogP contribution < -0.4 is 9.80 Å². The van der Waals surface area contributed by atoms with Gasteiger partial charge in [-0.2, -0.15) is 0 Å². The SMILES string of the molecule is C=CCN(C(=O)C1N([C@@H](CO)C(C)C)C(=O)[C@@H]2[C@H](C(=O)N(CC=C)c3ccccc3)[C@]3(C)CCC12S3)c1ccc2ccccc2c1. The maximum absolute atomic E-state index is 15.1. The Balaban J connectivity index is 1.47. The Kier molecular flexibility index (Phi) is 8.63. The van der Waals surface area contributed by atoms with Crippen molar-refractivity contribution < 1.29 is 19.5 Å². The summed E-state index contributed by atoms with van der Waals surface area (Å²) in [6, 6.07) is 22.0. The van der Waals surface area contributed by atoms with E-state index in [4.69, 9.17) is 0 Å². The van der Waals surface area contributed by atoms with Crippen molar-refractivity contribution in [3.63, 3.8) is 0 Å². The van der Waals surface area contributed by atoms with Crippen LogP contribution in [-0.2, 0) is 14.4 Å². The molecule has 6 atom stereocenters. The Bertz CT molecular complexity index is 1680. The molecule has 1 spiro atoms. The van der Waals surface area contributed by atoms with Crippen molar-refractivity contribution in [3.05, 3.63) is 98.1 Å². The van der Waals surface area contributed by atoms with Gasteiger partial charge in [-0.05, 0) is 60.7 Å². The Morgan fingerprint density at radius 3 is 2.20 bits per heavy atom. The molecule has 3 fully saturated rings. The van der Waals surface area contributed by atoms with E-state index in [-0.39, 0.29) is 36.8 Å². The number of thioether (sulfide) groups is 1. The maximum Gasteiger partial charge on any atom is 0.251 e. The summed E-state index contributed by atoms with van der Waals surface area (Å²) in [6.45, 7) is 14.2. The number of aliphatic hydroxyl groups is 1. The van der Waals surface area contributed by atoms with Crippen LogP contribution in [0.5, 0.6) is 0 Å². The Hall–Kier alpha value is -3.88. The fourth-order valence-electron chi connectivity index (χ4n) is 8.17. The molecule has 6 rings (SSSR count). The smallest absolute Gasteiger partial charge is 0.251 e. The van der Waals surface area contributed by atoms with Crippen LogP contribution in [0.4, 0.5) is 11.4 Å². The third kappa shape index (κ3) is 4.97. The summed E-state index contributed by atoms with van der Waals surface area (Å²) in [4.78, 5) is 49.8. The Morgan fingerprint density at radius 1 is 0.935 bits per heavy atom. The zero-order valence-electron chi connectivity index (χ0n) is 26.8. The van der Waals surface area contributed by atoms with Crippen LogP contribution in [0.2, 0.25) is 0 Å². The molecule has 3 aromatic rings. The molecule has 0 aliphatic carbocycles. The van der Waals surface area contributed by atoms with Crippen molar-refractivity contribution in [2.24, 2.45) is 17.8 Å². The predicted octanol–water partition coefficient (Wildman–Crippen LogP) is 6.08. The van der Waals surface area contributed by atoms with E-state index >= 15 is 4.79 Å². The number of carbonyl (C=O) groups excluding carboxylic acids is 3. The fourth-order valence-corrected chi connectivity index (χ4v) is 10.5. The average molecular weight is 638 g/mol. The molecule has 0 radical (unpaired) electrons. The number of hydrogen-bond donors (Lipinski definition) is 1. The van der Waals surface area contributed by atoms with Crippen LogP contribution in [-0.4, -0.2) is 69.0 Å². The summed E-state index contributed by atoms with van der Waals surface area (Å²) in [5.74, 6) is -2.01. The minimum atomic E-state index is -0.856. The van der Waals surface area contributed by atoms with Crippen molar-refractivity contribution >= 4 is 51.6 Å². The quantitative estimate of drug-likeness (QED) is 0.258. The van der Waals surface area contributed by atoms with Gasteiger partial charge in [0.05, 0.1) is 29.2 Å². The second-order valence-electron chi connectivity index (χ2n) is 13.3. The van der Waals surface area contributed by atoms with Crippen molar-refractivity contribution in [2.75, 3.05) is 29.5 Å². The van der Waals surface area contributed by atoms with Crippen LogP contribution in [0, 0.1) is 17.8 Å². The second-order valence-corrected chi connectivity index (χ2v) is 15.2. The van der Waals surface area contributed by atoms with Crippen LogP contribution in [0.25, 0.3) is 10.8 Å². The Morgan fingerprint density at radius 2 is 1.57 bits per heavy atom. The van der Waals surface area contributed by atoms with Crippen LogP contribution in [0.1, 0.15) is 33.6 Å². The molecule has 3 aromatic carbocycles. The number of anilines is 2. The third-order valence-corrected chi connectivity index (χ3v) is 12.3. The Labute approximate surface area is 275 Å². The van der Waals surface area contributed by atoms with E-state index in [0.717, 1.165) is 22.1 Å². The lowest BCUT2D eigenvalue weighted by molar-refractivity contribution is -0.143. The zero-order chi connectivity index (χ0) is 32.8. The molecule has 240 valence electrons. The summed E-state index contributed by atoms with van der Waals surface area (Å²) < 4.78 is -1.35. The summed E-state index contributed by atoms with van der Waals surface area (Å²) in [7, 11) is 0. The van der Waals surface area contributed by atoms with Crippen LogP contribution >= 0.6 is 11.8 Å². The molecule has 3 saturated heterocycles. The molecular weight excluding hydrogens is 595 g/mol. The maximum atomic E-state index is 15.1. The first-order chi connectivity index (χ1) is 22.1. The summed E-state index contributed by atoms with van der Waals surface area (Å²) in [6.07, 6.45) is 4.74. The number of likely N-dealkylation sites (tertiary alicyclic amines) is 1. The standard InChI is InChI=1S/C38H43N3O4S/c1-6-21-39(28-15-9-8-10-16-28)34(43)31-32-35(44)41(30(24-42)25(3)4)33(38(32)20-19-37(31,5)46-38)36(45)40(22-7-2)29-18-17-26-13-11-12-14-27(26)23-29/h6-18,23,25,30-33,42H,1-2,19-22,24H2,3-5H3/t30-,31+,32-,33?,37-,38?/m0/s1. The number of amides is 3. The number of aliphatic hydroxyl groups excluding tert-OH is 1. The third-order valence-electron chi connectivity index (χ3n) is 10.3. The van der Waals surface area contributed by atoms with Crippen molar-refractivity contribution in [3.8, 4) is 0 Å². The predicted molar refractivity (Wildman–Crippen MR) is 187 cm³/mol. The minimum Gasteiger partial charge on any atom is -0.394 e. The molecule has 3 amide bonds. The molecular formula is C38H43N3O4S. The van der Waals surface area contributed by atoms with Crippen molar-refractivity contribution in [2.45, 2.75) is 55.2 Å². The molecule has 3 aliphatic rings. The molecule has 46 heavy (non-hydrogen) atoms. The highest BCUT2D eigenvalue weighted by Gasteiger charge is 2.78. The molecule has 7 nitrogen and oxygen atoms in total. The highest BCUT2D eigenvalue weighted by atomic mass is 32.2. The van der Waals surface area contributed by atoms with Crippen LogP contribution in [0.3, 0.4) is 0 Å². The van der Waals surface area contributed by atoms with Gasteiger partial charge in [-0.15, -0.1) is 24.9 Å². The van der Waals surface area contributed by atoms with Gasteiger partial charge in [-0.25, -0.2) is 0 Å². The van der Waals surface area contributed by atoms with Gasteiger partial charge in [0.2, 0.25) is 11.8 Å². The van der Waals surface area contributed by atoms with E-state index in [1.807, 2.05) is 86.6 Å². The van der Waals surface area contributed by atoms with Gasteiger partial charge >= 0.3 is 0 Å². The normalized spacial score (nSPS) is 27.1. The lowest BCUT2D eigenvalue weighted by Gasteiger charge is -2.40. The van der Waals surface area contributed by atoms with Crippen LogP contribution in [0.15, 0.2) is 98.1 Å². The number of rotatable bonds is 11. The number of hydrogen-bond acceptors (Lipinski definition) is 5. The van der Waals surface area contributed by atoms with E-state index in [9.17, 15) is 14.7 Å². The van der Waals surface area contributed by atoms with Crippen molar-refractivity contribution in [1.29, 1.82) is 0 Å². The first-order valence-electron chi connectivity index (χ1n) is 16.1. The van der Waals surface area contributed by atoms with Gasteiger partial charge in [-0.3, -0.25) is 14.4 Å². The summed E-state index contributed by atoms with van der Waals surface area (Å²) >= 11 is 1.64. The van der Waals surface area contributed by atoms with E-state index in [1.165, 1.54) is 0 Å². The summed E-state index contributed by atoms with van der Waals surface area (Å²) in [5.41, 5.74) is 1.47. The van der Waals surface area contributed by atoms with E-state index in [1.54, 1.807) is 38.6 Å². The zero-order valence-corrected chi connectivity index (χ0v) is 27.7. The van der Waals surface area contributed by atoms with Gasteiger partial charge in [0, 0.05) is 29.2 Å². The van der Waals surface area contributed by atoms with Gasteiger partial charge < -0.3 is 19.8 Å². The monoisotopic (exact) mass is 637 g/mol. The first-order valence-corrected chi connectivity index (χ1v) is 16.9. The largest absolute Gasteiger partial charge is 0.394 e. The second kappa shape index (κ2) is 12.4. The van der Waals surface area contributed by atoms with Crippen molar-refractivity contribution in [1.82, 2.24) is 4.90 Å². The lowest BCUT2D eigenvalue weighted by atomic mass is 9.66. The van der Waals surface area contributed by atoms with Gasteiger partial charge in [0.1, 0.15) is 6.04 Å². The molecule has 2 bridgehead atoms. The molecule has 2 unspecified atom stereocenters. The highest BCUT2D eigenvalue weighted by molar-refractivity contribution is 8.02. The minimum absolute atomic E-state index is 0.110. The van der Waals surface area contributed by atoms with E-state index in [0.29, 0.717) is 19.4 Å². The number of benzene rings is 3. The van der Waals surface area contributed by atoms with Gasteiger partial charge in [0.15, 0.2) is 0 Å².